The van der Waals surface area contributed by atoms with Gasteiger partial charge in [0.2, 0.25) is 5.88 Å². The second-order valence-electron chi connectivity index (χ2n) is 7.57. The predicted molar refractivity (Wildman–Crippen MR) is 98.2 cm³/mol. The smallest absolute Gasteiger partial charge is 0.233 e. The van der Waals surface area contributed by atoms with Crippen LogP contribution in [0.5, 0.6) is 0 Å². The fraction of sp³-hybridized carbons (Fsp3) is 0.368. The highest BCUT2D eigenvalue weighted by Crippen LogP contribution is 2.51. The molecule has 4 nitrogen and oxygen atoms in total. The van der Waals surface area contributed by atoms with Crippen LogP contribution in [0.25, 0.3) is 0 Å². The van der Waals surface area contributed by atoms with Crippen LogP contribution in [0.3, 0.4) is 0 Å². The molecule has 1 aliphatic carbocycles. The van der Waals surface area contributed by atoms with Gasteiger partial charge >= 0.3 is 0 Å². The van der Waals surface area contributed by atoms with Crippen LogP contribution in [0, 0.1) is 12.3 Å². The van der Waals surface area contributed by atoms with Crippen LogP contribution in [0.1, 0.15) is 49.4 Å². The maximum absolute atomic E-state index is 13.0. The number of Topliss-reactive ketones (excluding diaryl/α,β-unsaturated/α-hetero) is 1. The first-order chi connectivity index (χ1) is 11.8. The number of hydrogen-bond acceptors (Lipinski definition) is 4. The van der Waals surface area contributed by atoms with Gasteiger partial charge in [0.1, 0.15) is 0 Å². The van der Waals surface area contributed by atoms with Gasteiger partial charge in [-0.2, -0.15) is 0 Å². The number of benzene rings is 1. The minimum absolute atomic E-state index is 0.0934. The first kappa shape index (κ1) is 16.7. The summed E-state index contributed by atoms with van der Waals surface area (Å²) >= 11 is 12.6. The Bertz CT molecular complexity index is 928. The number of ketones is 1. The maximum atomic E-state index is 13.0. The molecule has 0 bridgehead atoms. The molecule has 1 aromatic heterocycles. The van der Waals surface area contributed by atoms with E-state index >= 15 is 0 Å². The summed E-state index contributed by atoms with van der Waals surface area (Å²) < 4.78 is 5.48. The molecule has 2 aliphatic rings. The van der Waals surface area contributed by atoms with Crippen molar-refractivity contribution in [1.82, 2.24) is 5.16 Å². The van der Waals surface area contributed by atoms with Crippen LogP contribution >= 0.6 is 23.2 Å². The van der Waals surface area contributed by atoms with Crippen molar-refractivity contribution in [2.75, 3.05) is 5.32 Å². The van der Waals surface area contributed by atoms with Crippen molar-refractivity contribution in [2.45, 2.75) is 39.5 Å². The number of fused-ring (bicyclic) bond motifs is 1. The Labute approximate surface area is 156 Å². The Morgan fingerprint density at radius 1 is 1.28 bits per heavy atom. The topological polar surface area (TPSA) is 55.1 Å². The summed E-state index contributed by atoms with van der Waals surface area (Å²) in [6, 6.07) is 5.39. The SMILES string of the molecule is Cc1noc2c1C(c1ccc(Cl)cc1Cl)C1=C(CC(C)(C)CC1=O)N2. The zero-order valence-electron chi connectivity index (χ0n) is 14.2. The average Bonchev–Trinajstić information content (AvgIpc) is 2.85. The van der Waals surface area contributed by atoms with Crippen molar-refractivity contribution >= 4 is 34.9 Å². The van der Waals surface area contributed by atoms with E-state index in [1.807, 2.05) is 13.0 Å². The summed E-state index contributed by atoms with van der Waals surface area (Å²) in [5.41, 5.74) is 4.05. The molecule has 130 valence electrons. The van der Waals surface area contributed by atoms with Crippen LogP contribution < -0.4 is 5.32 Å². The van der Waals surface area contributed by atoms with Gasteiger partial charge in [-0.05, 0) is 36.5 Å². The largest absolute Gasteiger partial charge is 0.338 e. The second-order valence-corrected chi connectivity index (χ2v) is 8.41. The van der Waals surface area contributed by atoms with E-state index in [1.54, 1.807) is 12.1 Å². The lowest BCUT2D eigenvalue weighted by Crippen LogP contribution is -2.33. The standard InChI is InChI=1S/C19H18Cl2N2O2/c1-9-15-16(11-5-4-10(20)6-12(11)21)17-13(22-18(15)25-23-9)7-19(2,3)8-14(17)24/h4-6,16,22H,7-8H2,1-3H3. The molecular weight excluding hydrogens is 359 g/mol. The Hall–Kier alpha value is -1.78. The lowest BCUT2D eigenvalue weighted by atomic mass is 9.69. The van der Waals surface area contributed by atoms with E-state index in [0.717, 1.165) is 34.5 Å². The molecule has 0 fully saturated rings. The Kier molecular flexibility index (Phi) is 3.74. The van der Waals surface area contributed by atoms with Crippen molar-refractivity contribution in [3.05, 3.63) is 56.3 Å². The van der Waals surface area contributed by atoms with Crippen LogP contribution in [0.4, 0.5) is 5.88 Å². The zero-order valence-corrected chi connectivity index (χ0v) is 15.8. The molecule has 1 aliphatic heterocycles. The molecule has 2 heterocycles. The summed E-state index contributed by atoms with van der Waals surface area (Å²) in [4.78, 5) is 13.0. The van der Waals surface area contributed by atoms with Crippen molar-refractivity contribution in [3.8, 4) is 0 Å². The highest BCUT2D eigenvalue weighted by atomic mass is 35.5. The highest BCUT2D eigenvalue weighted by molar-refractivity contribution is 6.35. The van der Waals surface area contributed by atoms with Crippen LogP contribution in [0.2, 0.25) is 10.0 Å². The number of nitrogens with one attached hydrogen (secondary N) is 1. The number of allylic oxidation sites excluding steroid dienone is 2. The summed E-state index contributed by atoms with van der Waals surface area (Å²) in [5, 5.41) is 8.50. The zero-order chi connectivity index (χ0) is 17.9. The molecule has 1 unspecified atom stereocenters. The average molecular weight is 377 g/mol. The minimum Gasteiger partial charge on any atom is -0.338 e. The molecule has 1 aromatic carbocycles. The maximum Gasteiger partial charge on any atom is 0.233 e. The van der Waals surface area contributed by atoms with Gasteiger partial charge < -0.3 is 9.84 Å². The number of rotatable bonds is 1. The molecule has 4 rings (SSSR count). The molecule has 1 atom stereocenters. The third-order valence-corrected chi connectivity index (χ3v) is 5.51. The number of aromatic nitrogens is 1. The second kappa shape index (κ2) is 5.61. The molecule has 2 aromatic rings. The number of carbonyl (C=O) groups excluding carboxylic acids is 1. The minimum atomic E-state index is -0.286. The van der Waals surface area contributed by atoms with E-state index in [9.17, 15) is 4.79 Å². The van der Waals surface area contributed by atoms with E-state index in [4.69, 9.17) is 27.7 Å². The molecular formula is C19H18Cl2N2O2. The van der Waals surface area contributed by atoms with Crippen LogP contribution in [0.15, 0.2) is 34.0 Å². The van der Waals surface area contributed by atoms with E-state index in [1.165, 1.54) is 0 Å². The number of hydrogen-bond donors (Lipinski definition) is 1. The lowest BCUT2D eigenvalue weighted by molar-refractivity contribution is -0.118. The third kappa shape index (κ3) is 2.68. The van der Waals surface area contributed by atoms with Crippen LogP contribution in [-0.4, -0.2) is 10.9 Å². The number of anilines is 1. The summed E-state index contributed by atoms with van der Waals surface area (Å²) in [7, 11) is 0. The van der Waals surface area contributed by atoms with Crippen molar-refractivity contribution in [2.24, 2.45) is 5.41 Å². The predicted octanol–water partition coefficient (Wildman–Crippen LogP) is 5.49. The highest BCUT2D eigenvalue weighted by Gasteiger charge is 2.43. The van der Waals surface area contributed by atoms with Crippen molar-refractivity contribution in [1.29, 1.82) is 0 Å². The number of halogens is 2. The van der Waals surface area contributed by atoms with Crippen molar-refractivity contribution < 1.29 is 9.32 Å². The van der Waals surface area contributed by atoms with Gasteiger partial charge in [0.05, 0.1) is 11.3 Å². The fourth-order valence-corrected chi connectivity index (χ4v) is 4.43. The Morgan fingerprint density at radius 3 is 2.76 bits per heavy atom. The number of nitrogens with zero attached hydrogens (tertiary/aromatic N) is 1. The molecule has 0 saturated heterocycles. The lowest BCUT2D eigenvalue weighted by Gasteiger charge is -2.37. The molecule has 0 saturated carbocycles. The Morgan fingerprint density at radius 2 is 2.04 bits per heavy atom. The normalized spacial score (nSPS) is 21.6. The monoisotopic (exact) mass is 376 g/mol. The molecule has 6 heteroatoms. The molecule has 0 radical (unpaired) electrons. The summed E-state index contributed by atoms with van der Waals surface area (Å²) in [6.07, 6.45) is 1.28. The van der Waals surface area contributed by atoms with Gasteiger partial charge in [-0.15, -0.1) is 0 Å². The van der Waals surface area contributed by atoms with Gasteiger partial charge in [-0.3, -0.25) is 4.79 Å². The van der Waals surface area contributed by atoms with Gasteiger partial charge in [-0.1, -0.05) is 48.3 Å². The van der Waals surface area contributed by atoms with E-state index in [0.29, 0.717) is 22.4 Å². The van der Waals surface area contributed by atoms with E-state index < -0.39 is 0 Å². The quantitative estimate of drug-likeness (QED) is 0.714. The van der Waals surface area contributed by atoms with Gasteiger partial charge in [-0.25, -0.2) is 0 Å². The number of carbonyl (C=O) groups is 1. The number of aryl methyl sites for hydroxylation is 1. The van der Waals surface area contributed by atoms with Gasteiger partial charge in [0.15, 0.2) is 5.78 Å². The molecule has 25 heavy (non-hydrogen) atoms. The third-order valence-electron chi connectivity index (χ3n) is 4.94. The summed E-state index contributed by atoms with van der Waals surface area (Å²) in [5.74, 6) is 0.449. The first-order valence-electron chi connectivity index (χ1n) is 8.21. The Balaban J connectivity index is 1.96. The summed E-state index contributed by atoms with van der Waals surface area (Å²) in [6.45, 7) is 6.08. The van der Waals surface area contributed by atoms with E-state index in [-0.39, 0.29) is 17.1 Å². The van der Waals surface area contributed by atoms with Gasteiger partial charge in [0.25, 0.3) is 0 Å². The molecule has 1 N–H and O–H groups in total. The van der Waals surface area contributed by atoms with Crippen LogP contribution in [-0.2, 0) is 4.79 Å². The van der Waals surface area contributed by atoms with E-state index in [2.05, 4.69) is 24.3 Å². The van der Waals surface area contributed by atoms with Gasteiger partial charge in [0, 0.05) is 33.7 Å². The molecule has 0 amide bonds. The first-order valence-corrected chi connectivity index (χ1v) is 8.97. The molecule has 0 spiro atoms. The fourth-order valence-electron chi connectivity index (χ4n) is 3.92. The van der Waals surface area contributed by atoms with Crippen molar-refractivity contribution in [3.63, 3.8) is 0 Å².